The van der Waals surface area contributed by atoms with Crippen molar-refractivity contribution in [1.82, 2.24) is 14.8 Å². The molecule has 11 heteroatoms. The molecule has 0 bridgehead atoms. The van der Waals surface area contributed by atoms with Crippen molar-refractivity contribution in [2.45, 2.75) is 23.6 Å². The maximum atomic E-state index is 12.5. The molecule has 6 nitrogen and oxygen atoms in total. The van der Waals surface area contributed by atoms with Crippen molar-refractivity contribution in [3.05, 3.63) is 45.5 Å². The van der Waals surface area contributed by atoms with Crippen molar-refractivity contribution in [3.63, 3.8) is 0 Å². The number of thioether (sulfide) groups is 1. The number of aromatic nitrogens is 3. The van der Waals surface area contributed by atoms with E-state index in [0.717, 1.165) is 22.7 Å². The first kappa shape index (κ1) is 17.6. The molecule has 3 rings (SSSR count). The van der Waals surface area contributed by atoms with Crippen LogP contribution in [0.3, 0.4) is 0 Å². The van der Waals surface area contributed by atoms with E-state index in [1.165, 1.54) is 18.2 Å². The number of alkyl halides is 3. The zero-order valence-corrected chi connectivity index (χ0v) is 13.8. The van der Waals surface area contributed by atoms with Gasteiger partial charge in [0.05, 0.1) is 5.02 Å². The molecule has 0 spiro atoms. The lowest BCUT2D eigenvalue weighted by atomic mass is 10.1. The molecule has 1 aromatic carbocycles. The average Bonchev–Trinajstić information content (AvgIpc) is 2.91. The van der Waals surface area contributed by atoms with E-state index in [1.807, 2.05) is 0 Å². The van der Waals surface area contributed by atoms with Crippen molar-refractivity contribution in [2.24, 2.45) is 0 Å². The van der Waals surface area contributed by atoms with E-state index >= 15 is 0 Å². The standard InChI is InChI=1S/C14H9ClF3N3O3S/c15-9-2-8-7(1-12(23)24-11(8)3-10(9)22)4-25-13-20-19-6-21(13)5-14(16,17)18/h1-3,6,22H,4-5H2. The first-order valence-corrected chi connectivity index (χ1v) is 8.12. The van der Waals surface area contributed by atoms with E-state index in [1.54, 1.807) is 0 Å². The lowest BCUT2D eigenvalue weighted by Gasteiger charge is -2.10. The van der Waals surface area contributed by atoms with E-state index in [0.29, 0.717) is 10.9 Å². The Morgan fingerprint density at radius 3 is 2.80 bits per heavy atom. The van der Waals surface area contributed by atoms with Gasteiger partial charge in [0.15, 0.2) is 5.16 Å². The van der Waals surface area contributed by atoms with Crippen LogP contribution in [0.25, 0.3) is 11.0 Å². The van der Waals surface area contributed by atoms with Crippen molar-refractivity contribution in [1.29, 1.82) is 0 Å². The van der Waals surface area contributed by atoms with E-state index in [4.69, 9.17) is 16.0 Å². The fraction of sp³-hybridized carbons (Fsp3) is 0.214. The molecule has 25 heavy (non-hydrogen) atoms. The fourth-order valence-electron chi connectivity index (χ4n) is 2.16. The summed E-state index contributed by atoms with van der Waals surface area (Å²) in [6, 6.07) is 3.85. The van der Waals surface area contributed by atoms with Gasteiger partial charge in [-0.3, -0.25) is 4.57 Å². The number of nitrogens with zero attached hydrogens (tertiary/aromatic N) is 3. The van der Waals surface area contributed by atoms with Gasteiger partial charge in [0.1, 0.15) is 24.2 Å². The largest absolute Gasteiger partial charge is 0.506 e. The Hall–Kier alpha value is -2.20. The van der Waals surface area contributed by atoms with Crippen molar-refractivity contribution < 1.29 is 22.7 Å². The van der Waals surface area contributed by atoms with Gasteiger partial charge in [0.2, 0.25) is 0 Å². The molecule has 2 aromatic heterocycles. The Bertz CT molecular complexity index is 987. The number of halogens is 4. The molecule has 3 aromatic rings. The molecule has 2 heterocycles. The summed E-state index contributed by atoms with van der Waals surface area (Å²) in [7, 11) is 0. The second-order valence-electron chi connectivity index (χ2n) is 5.04. The number of rotatable bonds is 4. The van der Waals surface area contributed by atoms with E-state index in [-0.39, 0.29) is 27.3 Å². The third kappa shape index (κ3) is 4.07. The van der Waals surface area contributed by atoms with Gasteiger partial charge in [-0.05, 0) is 11.6 Å². The number of phenolic OH excluding ortho intramolecular Hbond substituents is 1. The van der Waals surface area contributed by atoms with Crippen LogP contribution >= 0.6 is 23.4 Å². The second kappa shape index (κ2) is 6.60. The molecule has 1 N–H and O–H groups in total. The highest BCUT2D eigenvalue weighted by Crippen LogP contribution is 2.32. The zero-order chi connectivity index (χ0) is 18.2. The van der Waals surface area contributed by atoms with Gasteiger partial charge in [0.25, 0.3) is 0 Å². The first-order chi connectivity index (χ1) is 11.7. The number of aromatic hydroxyl groups is 1. The first-order valence-electron chi connectivity index (χ1n) is 6.75. The predicted molar refractivity (Wildman–Crippen MR) is 84.8 cm³/mol. The van der Waals surface area contributed by atoms with Crippen LogP contribution in [-0.4, -0.2) is 26.0 Å². The normalized spacial score (nSPS) is 12.0. The van der Waals surface area contributed by atoms with E-state index in [9.17, 15) is 23.1 Å². The molecule has 0 atom stereocenters. The number of benzene rings is 1. The molecule has 0 unspecified atom stereocenters. The Morgan fingerprint density at radius 2 is 2.08 bits per heavy atom. The molecule has 0 saturated carbocycles. The Labute approximate surface area is 147 Å². The summed E-state index contributed by atoms with van der Waals surface area (Å²) < 4.78 is 43.5. The maximum absolute atomic E-state index is 12.5. The minimum Gasteiger partial charge on any atom is -0.506 e. The molecular formula is C14H9ClF3N3O3S. The summed E-state index contributed by atoms with van der Waals surface area (Å²) >= 11 is 6.85. The highest BCUT2D eigenvalue weighted by Gasteiger charge is 2.29. The molecule has 132 valence electrons. The number of hydrogen-bond acceptors (Lipinski definition) is 6. The highest BCUT2D eigenvalue weighted by atomic mass is 35.5. The lowest BCUT2D eigenvalue weighted by molar-refractivity contribution is -0.142. The number of fused-ring (bicyclic) bond motifs is 1. The van der Waals surface area contributed by atoms with Gasteiger partial charge in [-0.15, -0.1) is 10.2 Å². The summed E-state index contributed by atoms with van der Waals surface area (Å²) in [5, 5.41) is 17.3. The molecule has 0 amide bonds. The number of phenols is 1. The van der Waals surface area contributed by atoms with Crippen molar-refractivity contribution in [2.75, 3.05) is 0 Å². The SMILES string of the molecule is O=c1cc(CSc2nncn2CC(F)(F)F)c2cc(Cl)c(O)cc2o1. The number of hydrogen-bond donors (Lipinski definition) is 1. The zero-order valence-electron chi connectivity index (χ0n) is 12.2. The predicted octanol–water partition coefficient (Wildman–Crippen LogP) is 3.60. The maximum Gasteiger partial charge on any atom is 0.406 e. The molecule has 0 aliphatic rings. The highest BCUT2D eigenvalue weighted by molar-refractivity contribution is 7.98. The Kier molecular flexibility index (Phi) is 4.65. The van der Waals surface area contributed by atoms with Gasteiger partial charge < -0.3 is 9.52 Å². The van der Waals surface area contributed by atoms with Crippen LogP contribution in [0.5, 0.6) is 5.75 Å². The fourth-order valence-corrected chi connectivity index (χ4v) is 3.22. The van der Waals surface area contributed by atoms with Crippen molar-refractivity contribution >= 4 is 34.3 Å². The minimum atomic E-state index is -4.40. The van der Waals surface area contributed by atoms with Crippen LogP contribution in [0.1, 0.15) is 5.56 Å². The molecule has 0 radical (unpaired) electrons. The van der Waals surface area contributed by atoms with Gasteiger partial charge in [-0.25, -0.2) is 4.79 Å². The monoisotopic (exact) mass is 391 g/mol. The molecule has 0 aliphatic carbocycles. The van der Waals surface area contributed by atoms with Gasteiger partial charge in [0, 0.05) is 23.3 Å². The molecule has 0 aliphatic heterocycles. The van der Waals surface area contributed by atoms with Crippen LogP contribution in [0.4, 0.5) is 13.2 Å². The van der Waals surface area contributed by atoms with Crippen LogP contribution in [-0.2, 0) is 12.3 Å². The summed E-state index contributed by atoms with van der Waals surface area (Å²) in [5.41, 5.74) is -0.0388. The van der Waals surface area contributed by atoms with Crippen molar-refractivity contribution in [3.8, 4) is 5.75 Å². The smallest absolute Gasteiger partial charge is 0.406 e. The van der Waals surface area contributed by atoms with Crippen LogP contribution in [0.15, 0.2) is 38.9 Å². The van der Waals surface area contributed by atoms with Crippen LogP contribution in [0.2, 0.25) is 5.02 Å². The lowest BCUT2D eigenvalue weighted by Crippen LogP contribution is -2.17. The summed E-state index contributed by atoms with van der Waals surface area (Å²) in [6.07, 6.45) is -3.41. The van der Waals surface area contributed by atoms with Gasteiger partial charge in [-0.1, -0.05) is 23.4 Å². The molecule has 0 fully saturated rings. The summed E-state index contributed by atoms with van der Waals surface area (Å²) in [4.78, 5) is 11.6. The Morgan fingerprint density at radius 1 is 1.32 bits per heavy atom. The Balaban J connectivity index is 1.91. The van der Waals surface area contributed by atoms with Gasteiger partial charge >= 0.3 is 11.8 Å². The van der Waals surface area contributed by atoms with E-state index < -0.39 is 18.3 Å². The van der Waals surface area contributed by atoms with E-state index in [2.05, 4.69) is 10.2 Å². The van der Waals surface area contributed by atoms with Gasteiger partial charge in [-0.2, -0.15) is 13.2 Å². The quantitative estimate of drug-likeness (QED) is 0.540. The summed E-state index contributed by atoms with van der Waals surface area (Å²) in [5.74, 6) is -0.105. The third-order valence-corrected chi connectivity index (χ3v) is 4.52. The summed E-state index contributed by atoms with van der Waals surface area (Å²) in [6.45, 7) is -1.21. The van der Waals surface area contributed by atoms with Crippen LogP contribution in [0, 0.1) is 0 Å². The minimum absolute atomic E-state index is 0.0589. The topological polar surface area (TPSA) is 81.2 Å². The van der Waals surface area contributed by atoms with Crippen LogP contribution < -0.4 is 5.63 Å². The molecule has 0 saturated heterocycles. The average molecular weight is 392 g/mol. The third-order valence-electron chi connectivity index (χ3n) is 3.18. The second-order valence-corrected chi connectivity index (χ2v) is 6.39. The molecular weight excluding hydrogens is 383 g/mol.